The summed E-state index contributed by atoms with van der Waals surface area (Å²) in [4.78, 5) is 34.1. The molecule has 2 aliphatic heterocycles. The summed E-state index contributed by atoms with van der Waals surface area (Å²) >= 11 is 0. The van der Waals surface area contributed by atoms with Gasteiger partial charge in [0.25, 0.3) is 5.97 Å². The maximum Gasteiger partial charge on any atom is 0.305 e. The van der Waals surface area contributed by atoms with E-state index >= 15 is 0 Å². The lowest BCUT2D eigenvalue weighted by Crippen LogP contribution is -2.60. The Kier molecular flexibility index (Phi) is 5.43. The van der Waals surface area contributed by atoms with Crippen LogP contribution in [0, 0.1) is 0 Å². The Bertz CT molecular complexity index is 520. The van der Waals surface area contributed by atoms with E-state index in [9.17, 15) is 14.4 Å². The van der Waals surface area contributed by atoms with Gasteiger partial charge in [-0.15, -0.1) is 0 Å². The van der Waals surface area contributed by atoms with Crippen molar-refractivity contribution in [3.05, 3.63) is 0 Å². The smallest absolute Gasteiger partial charge is 0.305 e. The zero-order valence-corrected chi connectivity index (χ0v) is 14.0. The van der Waals surface area contributed by atoms with E-state index in [2.05, 4.69) is 0 Å². The number of carbonyl (C=O) groups excluding carboxylic acids is 3. The highest BCUT2D eigenvalue weighted by atomic mass is 17.0. The third-order valence-electron chi connectivity index (χ3n) is 3.39. The number of hydrogen-bond acceptors (Lipinski definition) is 10. The molecular formula is C14H20O10. The summed E-state index contributed by atoms with van der Waals surface area (Å²) in [7, 11) is 1.35. The molecule has 6 atom stereocenters. The van der Waals surface area contributed by atoms with Gasteiger partial charge in [0.1, 0.15) is 0 Å². The zero-order valence-electron chi connectivity index (χ0n) is 14.0. The molecule has 2 aliphatic rings. The van der Waals surface area contributed by atoms with Crippen LogP contribution >= 0.6 is 0 Å². The van der Waals surface area contributed by atoms with Crippen LogP contribution in [0.1, 0.15) is 27.7 Å². The van der Waals surface area contributed by atoms with E-state index in [1.54, 1.807) is 0 Å². The summed E-state index contributed by atoms with van der Waals surface area (Å²) in [5.74, 6) is -3.45. The van der Waals surface area contributed by atoms with Crippen molar-refractivity contribution < 1.29 is 47.5 Å². The second kappa shape index (κ2) is 7.01. The summed E-state index contributed by atoms with van der Waals surface area (Å²) in [5, 5.41) is 0. The quantitative estimate of drug-likeness (QED) is 0.501. The van der Waals surface area contributed by atoms with Gasteiger partial charge in [-0.3, -0.25) is 19.1 Å². The standard InChI is InChI=1S/C14H20O10/c1-6(15)19-9-10(20-7(2)16)12(21-8(3)17)22-13-11(9)23-14(4,18-5)24-13/h9-13H,1-5H3/t9-,10-,11+,12-,13+,14-/m0/s1. The first kappa shape index (κ1) is 18.6. The van der Waals surface area contributed by atoms with Crippen molar-refractivity contribution in [2.75, 3.05) is 7.11 Å². The molecule has 2 rings (SSSR count). The van der Waals surface area contributed by atoms with Crippen molar-refractivity contribution in [3.63, 3.8) is 0 Å². The molecule has 0 bridgehead atoms. The van der Waals surface area contributed by atoms with E-state index in [4.69, 9.17) is 33.2 Å². The molecule has 2 saturated heterocycles. The van der Waals surface area contributed by atoms with Crippen LogP contribution in [0.15, 0.2) is 0 Å². The maximum atomic E-state index is 11.5. The van der Waals surface area contributed by atoms with E-state index in [1.807, 2.05) is 0 Å². The molecule has 2 heterocycles. The lowest BCUT2D eigenvalue weighted by molar-refractivity contribution is -0.344. The summed E-state index contributed by atoms with van der Waals surface area (Å²) in [6.45, 7) is 4.99. The van der Waals surface area contributed by atoms with Crippen molar-refractivity contribution in [3.8, 4) is 0 Å². The highest BCUT2D eigenvalue weighted by molar-refractivity contribution is 5.68. The van der Waals surface area contributed by atoms with Crippen LogP contribution < -0.4 is 0 Å². The minimum absolute atomic E-state index is 0.644. The van der Waals surface area contributed by atoms with Crippen LogP contribution in [0.3, 0.4) is 0 Å². The second-order valence-corrected chi connectivity index (χ2v) is 5.40. The molecule has 0 spiro atoms. The fourth-order valence-corrected chi connectivity index (χ4v) is 2.48. The van der Waals surface area contributed by atoms with Gasteiger partial charge in [-0.25, -0.2) is 0 Å². The Morgan fingerprint density at radius 1 is 0.875 bits per heavy atom. The predicted octanol–water partition coefficient (Wildman–Crippen LogP) is -0.169. The van der Waals surface area contributed by atoms with Crippen LogP contribution in [0.4, 0.5) is 0 Å². The number of methoxy groups -OCH3 is 1. The average molecular weight is 348 g/mol. The fraction of sp³-hybridized carbons (Fsp3) is 0.786. The number of ether oxygens (including phenoxy) is 7. The van der Waals surface area contributed by atoms with E-state index < -0.39 is 54.8 Å². The van der Waals surface area contributed by atoms with E-state index in [-0.39, 0.29) is 0 Å². The summed E-state index contributed by atoms with van der Waals surface area (Å²) < 4.78 is 37.1. The summed E-state index contributed by atoms with van der Waals surface area (Å²) in [6, 6.07) is 0. The molecular weight excluding hydrogens is 328 g/mol. The lowest BCUT2D eigenvalue weighted by Gasteiger charge is -2.40. The molecule has 0 aromatic rings. The Balaban J connectivity index is 2.33. The van der Waals surface area contributed by atoms with Gasteiger partial charge in [0.05, 0.1) is 0 Å². The lowest BCUT2D eigenvalue weighted by atomic mass is 10.0. The molecule has 0 N–H and O–H groups in total. The van der Waals surface area contributed by atoms with Crippen LogP contribution in [0.2, 0.25) is 0 Å². The van der Waals surface area contributed by atoms with Crippen molar-refractivity contribution in [2.24, 2.45) is 0 Å². The van der Waals surface area contributed by atoms with Crippen molar-refractivity contribution in [1.82, 2.24) is 0 Å². The second-order valence-electron chi connectivity index (χ2n) is 5.40. The van der Waals surface area contributed by atoms with Gasteiger partial charge in [-0.2, -0.15) is 0 Å². The Morgan fingerprint density at radius 3 is 1.92 bits per heavy atom. The van der Waals surface area contributed by atoms with Crippen LogP contribution in [-0.2, 0) is 47.5 Å². The monoisotopic (exact) mass is 348 g/mol. The third-order valence-corrected chi connectivity index (χ3v) is 3.39. The molecule has 2 fully saturated rings. The first-order valence-corrected chi connectivity index (χ1v) is 7.23. The Hall–Kier alpha value is -1.75. The average Bonchev–Trinajstić information content (AvgIpc) is 2.78. The normalized spacial score (nSPS) is 38.1. The molecule has 0 amide bonds. The van der Waals surface area contributed by atoms with E-state index in [1.165, 1.54) is 21.0 Å². The molecule has 0 unspecified atom stereocenters. The van der Waals surface area contributed by atoms with Crippen LogP contribution in [-0.4, -0.2) is 61.9 Å². The molecule has 0 aliphatic carbocycles. The third kappa shape index (κ3) is 4.01. The van der Waals surface area contributed by atoms with Crippen LogP contribution in [0.5, 0.6) is 0 Å². The molecule has 0 saturated carbocycles. The molecule has 0 radical (unpaired) electrons. The van der Waals surface area contributed by atoms with Crippen molar-refractivity contribution >= 4 is 17.9 Å². The number of fused-ring (bicyclic) bond motifs is 1. The molecule has 10 nitrogen and oxygen atoms in total. The first-order valence-electron chi connectivity index (χ1n) is 7.23. The maximum absolute atomic E-state index is 11.5. The molecule has 136 valence electrons. The van der Waals surface area contributed by atoms with E-state index in [0.717, 1.165) is 13.8 Å². The minimum Gasteiger partial charge on any atom is -0.455 e. The van der Waals surface area contributed by atoms with Gasteiger partial charge in [-0.1, -0.05) is 0 Å². The highest BCUT2D eigenvalue weighted by Gasteiger charge is 2.60. The van der Waals surface area contributed by atoms with Gasteiger partial charge in [0.2, 0.25) is 12.4 Å². The molecule has 0 aromatic carbocycles. The van der Waals surface area contributed by atoms with Gasteiger partial charge in [0.15, 0.2) is 18.5 Å². The van der Waals surface area contributed by atoms with Crippen molar-refractivity contribution in [1.29, 1.82) is 0 Å². The Morgan fingerprint density at radius 2 is 1.42 bits per heavy atom. The molecule has 10 heteroatoms. The molecule has 0 aromatic heterocycles. The number of esters is 3. The van der Waals surface area contributed by atoms with E-state index in [0.29, 0.717) is 0 Å². The van der Waals surface area contributed by atoms with Crippen LogP contribution in [0.25, 0.3) is 0 Å². The number of carbonyl (C=O) groups is 3. The molecule has 24 heavy (non-hydrogen) atoms. The van der Waals surface area contributed by atoms with Crippen molar-refractivity contribution in [2.45, 2.75) is 64.6 Å². The van der Waals surface area contributed by atoms with Gasteiger partial charge in [-0.05, 0) is 0 Å². The first-order chi connectivity index (χ1) is 11.1. The summed E-state index contributed by atoms with van der Waals surface area (Å²) in [6.07, 6.45) is -5.68. The topological polar surface area (TPSA) is 116 Å². The minimum atomic E-state index is -1.46. The largest absolute Gasteiger partial charge is 0.455 e. The SMILES string of the molecule is CO[C@]1(C)O[C@H]2O[C@H](OC(C)=O)[C@@H](OC(C)=O)[C@H](OC(C)=O)[C@H]2O1. The van der Waals surface area contributed by atoms with Gasteiger partial charge < -0.3 is 28.4 Å². The predicted molar refractivity (Wildman–Crippen MR) is 72.9 cm³/mol. The van der Waals surface area contributed by atoms with Gasteiger partial charge >= 0.3 is 17.9 Å². The Labute approximate surface area is 138 Å². The highest BCUT2D eigenvalue weighted by Crippen LogP contribution is 2.39. The number of hydrogen-bond donors (Lipinski definition) is 0. The van der Waals surface area contributed by atoms with Gasteiger partial charge in [0, 0.05) is 34.8 Å². The summed E-state index contributed by atoms with van der Waals surface area (Å²) in [5.41, 5.74) is 0. The fourth-order valence-electron chi connectivity index (χ4n) is 2.48. The number of rotatable bonds is 4. The zero-order chi connectivity index (χ0) is 18.1.